The molecule has 2 aliphatic rings. The molecule has 5 rings (SSSR count). The molecule has 0 aromatic heterocycles. The molecule has 2 aliphatic heterocycles. The van der Waals surface area contributed by atoms with Crippen LogP contribution in [0, 0.1) is 0 Å². The number of aromatic hydroxyl groups is 3. The number of hydrogen-bond acceptors (Lipinski definition) is 8. The maximum atomic E-state index is 10.3. The summed E-state index contributed by atoms with van der Waals surface area (Å²) in [5.41, 5.74) is 2.22. The summed E-state index contributed by atoms with van der Waals surface area (Å²) in [7, 11) is -2.38. The molecule has 3 aromatic carbocycles. The zero-order valence-electron chi connectivity index (χ0n) is 21.7. The van der Waals surface area contributed by atoms with Crippen molar-refractivity contribution in [3.8, 4) is 17.2 Å². The molecule has 216 valence electrons. The number of carboxylic acids is 1. The highest BCUT2D eigenvalue weighted by atomic mass is 32.3. The van der Waals surface area contributed by atoms with Crippen LogP contribution in [0.2, 0.25) is 0 Å². The van der Waals surface area contributed by atoms with Gasteiger partial charge in [0, 0.05) is 12.1 Å². The topological polar surface area (TPSA) is 185 Å². The Morgan fingerprint density at radius 3 is 1.62 bits per heavy atom. The Hall–Kier alpha value is -3.68. The first-order valence-corrected chi connectivity index (χ1v) is 13.9. The normalized spacial score (nSPS) is 20.1. The number of piperidine rings is 1. The number of carboxylic acid groups (broad SMARTS) is 1. The fourth-order valence-electron chi connectivity index (χ4n) is 5.00. The van der Waals surface area contributed by atoms with Crippen LogP contribution in [0.1, 0.15) is 53.3 Å². The highest BCUT2D eigenvalue weighted by Crippen LogP contribution is 2.39. The number of carbonyl (C=O) groups is 1. The Balaban J connectivity index is 0.000000218. The second-order valence-corrected chi connectivity index (χ2v) is 10.5. The molecule has 0 amide bonds. The van der Waals surface area contributed by atoms with Crippen LogP contribution < -0.4 is 0 Å². The van der Waals surface area contributed by atoms with E-state index in [1.54, 1.807) is 0 Å². The molecule has 2 atom stereocenters. The highest BCUT2D eigenvalue weighted by molar-refractivity contribution is 7.79. The van der Waals surface area contributed by atoms with Crippen molar-refractivity contribution >= 4 is 16.4 Å². The van der Waals surface area contributed by atoms with Crippen LogP contribution in [0.3, 0.4) is 0 Å². The summed E-state index contributed by atoms with van der Waals surface area (Å²) in [6, 6.07) is 24.4. The molecule has 2 bridgehead atoms. The Morgan fingerprint density at radius 1 is 0.850 bits per heavy atom. The van der Waals surface area contributed by atoms with E-state index in [9.17, 15) is 4.79 Å². The zero-order chi connectivity index (χ0) is 29.4. The van der Waals surface area contributed by atoms with Crippen LogP contribution in [-0.2, 0) is 15.1 Å². The van der Waals surface area contributed by atoms with Gasteiger partial charge in [0.25, 0.3) is 0 Å². The maximum Gasteiger partial charge on any atom is 0.394 e. The van der Waals surface area contributed by atoms with Gasteiger partial charge in [-0.25, -0.2) is 4.79 Å². The Labute approximate surface area is 232 Å². The molecule has 40 heavy (non-hydrogen) atoms. The van der Waals surface area contributed by atoms with Gasteiger partial charge < -0.3 is 30.1 Å². The summed E-state index contributed by atoms with van der Waals surface area (Å²) in [6.45, 7) is 0. The van der Waals surface area contributed by atoms with Crippen LogP contribution in [0.4, 0.5) is 0 Å². The van der Waals surface area contributed by atoms with Crippen molar-refractivity contribution in [1.29, 1.82) is 0 Å². The number of hydrogen-bond donors (Lipinski definition) is 6. The van der Waals surface area contributed by atoms with Crippen molar-refractivity contribution in [3.05, 3.63) is 89.5 Å². The number of fused-ring (bicyclic) bond motifs is 2. The SMILES string of the molecule is CN1C2CCC1CC(OC(c1ccccc1)c1ccccc1)C2.O=C(O)c1cc(O)c(O)c(O)c1.O=S(=O)(O)O. The minimum absolute atomic E-state index is 0.0465. The molecule has 2 saturated heterocycles. The van der Waals surface area contributed by atoms with Crippen LogP contribution >= 0.6 is 0 Å². The number of ether oxygens (including phenoxy) is 1. The second kappa shape index (κ2) is 13.6. The van der Waals surface area contributed by atoms with E-state index in [1.807, 2.05) is 0 Å². The summed E-state index contributed by atoms with van der Waals surface area (Å²) in [5.74, 6) is -3.33. The monoisotopic (exact) mass is 575 g/mol. The molecule has 2 unspecified atom stereocenters. The molecule has 0 radical (unpaired) electrons. The maximum absolute atomic E-state index is 10.3. The predicted octanol–water partition coefficient (Wildman–Crippen LogP) is 4.27. The van der Waals surface area contributed by atoms with E-state index in [2.05, 4.69) is 72.6 Å². The molecular weight excluding hydrogens is 542 g/mol. The molecule has 2 heterocycles. The van der Waals surface area contributed by atoms with Gasteiger partial charge in [-0.15, -0.1) is 0 Å². The molecule has 0 saturated carbocycles. The highest BCUT2D eigenvalue weighted by Gasteiger charge is 2.39. The fraction of sp³-hybridized carbons (Fsp3) is 0.321. The van der Waals surface area contributed by atoms with Gasteiger partial charge in [-0.05, 0) is 56.0 Å². The number of benzene rings is 3. The minimum Gasteiger partial charge on any atom is -0.504 e. The van der Waals surface area contributed by atoms with Crippen LogP contribution in [0.5, 0.6) is 17.2 Å². The lowest BCUT2D eigenvalue weighted by Crippen LogP contribution is -2.43. The van der Waals surface area contributed by atoms with Gasteiger partial charge in [0.15, 0.2) is 17.2 Å². The standard InChI is InChI=1S/C21H25NO.C7H6O5.H2O4S/c1-22-18-12-13-19(22)15-20(14-18)23-21(16-8-4-2-5-9-16)17-10-6-3-7-11-17;8-4-1-3(7(11)12)2-5(9)6(4)10;1-5(2,3)4/h2-11,18-21H,12-15H2,1H3;1-2,8-10H,(H,11,12);(H2,1,2,3,4). The van der Waals surface area contributed by atoms with E-state index in [0.29, 0.717) is 18.2 Å². The van der Waals surface area contributed by atoms with Gasteiger partial charge in [-0.3, -0.25) is 9.11 Å². The average molecular weight is 576 g/mol. The summed E-state index contributed by atoms with van der Waals surface area (Å²) < 4.78 is 38.2. The summed E-state index contributed by atoms with van der Waals surface area (Å²) >= 11 is 0. The van der Waals surface area contributed by atoms with Gasteiger partial charge >= 0.3 is 16.4 Å². The van der Waals surface area contributed by atoms with Crippen LogP contribution in [0.25, 0.3) is 0 Å². The van der Waals surface area contributed by atoms with Crippen molar-refractivity contribution in [2.24, 2.45) is 0 Å². The third-order valence-electron chi connectivity index (χ3n) is 6.90. The van der Waals surface area contributed by atoms with E-state index in [-0.39, 0.29) is 11.7 Å². The summed E-state index contributed by atoms with van der Waals surface area (Å²) in [6.07, 6.45) is 5.43. The quantitative estimate of drug-likeness (QED) is 0.189. The summed E-state index contributed by atoms with van der Waals surface area (Å²) in [5, 5.41) is 35.0. The van der Waals surface area contributed by atoms with Gasteiger partial charge in [0.2, 0.25) is 0 Å². The van der Waals surface area contributed by atoms with Crippen molar-refractivity contribution in [2.45, 2.75) is 50.0 Å². The molecule has 6 N–H and O–H groups in total. The van der Waals surface area contributed by atoms with Crippen molar-refractivity contribution in [3.63, 3.8) is 0 Å². The van der Waals surface area contributed by atoms with Gasteiger partial charge in [0.05, 0.1) is 11.7 Å². The van der Waals surface area contributed by atoms with E-state index in [4.69, 9.17) is 42.7 Å². The molecule has 0 aliphatic carbocycles. The first-order chi connectivity index (χ1) is 18.8. The number of phenols is 3. The number of aromatic carboxylic acids is 1. The lowest BCUT2D eigenvalue weighted by atomic mass is 9.97. The van der Waals surface area contributed by atoms with Crippen molar-refractivity contribution < 1.29 is 47.5 Å². The first-order valence-electron chi connectivity index (χ1n) is 12.5. The minimum atomic E-state index is -4.67. The lowest BCUT2D eigenvalue weighted by Gasteiger charge is -2.38. The predicted molar refractivity (Wildman–Crippen MR) is 146 cm³/mol. The number of nitrogens with zero attached hydrogens (tertiary/aromatic N) is 1. The van der Waals surface area contributed by atoms with Crippen molar-refractivity contribution in [2.75, 3.05) is 7.05 Å². The number of rotatable bonds is 5. The van der Waals surface area contributed by atoms with Gasteiger partial charge in [0.1, 0.15) is 6.10 Å². The van der Waals surface area contributed by atoms with Crippen molar-refractivity contribution in [1.82, 2.24) is 4.90 Å². The average Bonchev–Trinajstić information content (AvgIpc) is 3.10. The second-order valence-electron chi connectivity index (χ2n) is 9.60. The van der Waals surface area contributed by atoms with E-state index < -0.39 is 33.6 Å². The number of phenolic OH excluding ortho intramolecular Hbond substituents is 3. The molecule has 12 heteroatoms. The van der Waals surface area contributed by atoms with E-state index in [0.717, 1.165) is 12.1 Å². The smallest absolute Gasteiger partial charge is 0.394 e. The molecule has 11 nitrogen and oxygen atoms in total. The molecule has 2 fully saturated rings. The van der Waals surface area contributed by atoms with E-state index >= 15 is 0 Å². The molecule has 0 spiro atoms. The zero-order valence-corrected chi connectivity index (χ0v) is 22.6. The molecular formula is C28H33NO10S. The van der Waals surface area contributed by atoms with Gasteiger partial charge in [-0.1, -0.05) is 60.7 Å². The fourth-order valence-corrected chi connectivity index (χ4v) is 5.00. The third kappa shape index (κ3) is 8.93. The lowest BCUT2D eigenvalue weighted by molar-refractivity contribution is -0.0426. The Morgan fingerprint density at radius 2 is 1.25 bits per heavy atom. The van der Waals surface area contributed by atoms with E-state index in [1.165, 1.54) is 36.8 Å². The third-order valence-corrected chi connectivity index (χ3v) is 6.90. The Kier molecular flexibility index (Phi) is 10.5. The summed E-state index contributed by atoms with van der Waals surface area (Å²) in [4.78, 5) is 12.9. The first kappa shape index (κ1) is 30.9. The van der Waals surface area contributed by atoms with Crippen LogP contribution in [0.15, 0.2) is 72.8 Å². The Bertz CT molecular complexity index is 1280. The van der Waals surface area contributed by atoms with Gasteiger partial charge in [-0.2, -0.15) is 8.42 Å². The van der Waals surface area contributed by atoms with Crippen LogP contribution in [-0.4, -0.2) is 74.1 Å². The molecule has 3 aromatic rings. The largest absolute Gasteiger partial charge is 0.504 e.